The van der Waals surface area contributed by atoms with Crippen molar-refractivity contribution in [3.63, 3.8) is 0 Å². The lowest BCUT2D eigenvalue weighted by molar-refractivity contribution is 0.330. The molecule has 0 radical (unpaired) electrons. The Morgan fingerprint density at radius 3 is 1.60 bits per heavy atom. The zero-order chi connectivity index (χ0) is 14.0. The Balaban J connectivity index is 1.44. The van der Waals surface area contributed by atoms with Crippen LogP contribution in [-0.2, 0) is 0 Å². The second-order valence-corrected chi connectivity index (χ2v) is 9.54. The molecule has 0 aromatic heterocycles. The largest absolute Gasteiger partial charge is 0.301 e. The van der Waals surface area contributed by atoms with Gasteiger partial charge in [-0.05, 0) is 6.92 Å². The molecule has 0 aliphatic carbocycles. The molecule has 0 unspecified atom stereocenters. The number of nitrogens with one attached hydrogen (secondary N) is 2. The van der Waals surface area contributed by atoms with E-state index in [4.69, 9.17) is 0 Å². The van der Waals surface area contributed by atoms with Crippen molar-refractivity contribution in [3.05, 3.63) is 0 Å². The molecule has 0 saturated carbocycles. The number of hydrogen-bond donors (Lipinski definition) is 2. The van der Waals surface area contributed by atoms with Gasteiger partial charge in [0.2, 0.25) is 0 Å². The molecule has 2 aliphatic heterocycles. The maximum absolute atomic E-state index is 3.57. The van der Waals surface area contributed by atoms with Gasteiger partial charge < -0.3 is 10.6 Å². The molecule has 2 rings (SSSR count). The first kappa shape index (κ1) is 17.6. The van der Waals surface area contributed by atoms with E-state index in [-0.39, 0.29) is 0 Å². The van der Waals surface area contributed by atoms with Crippen molar-refractivity contribution in [2.75, 3.05) is 59.9 Å². The van der Waals surface area contributed by atoms with Crippen molar-refractivity contribution in [1.82, 2.24) is 20.4 Å². The lowest BCUT2D eigenvalue weighted by atomic mass is 10.4. The first-order valence-corrected chi connectivity index (χ1v) is 11.7. The lowest BCUT2D eigenvalue weighted by Gasteiger charge is -2.27. The fraction of sp³-hybridized carbons (Fsp3) is 1.00. The molecule has 2 saturated heterocycles. The van der Waals surface area contributed by atoms with Gasteiger partial charge in [0.15, 0.2) is 0 Å². The molecule has 2 fully saturated rings. The SMILES string of the molecule is CC(NCCN1CSCSC1)NCCN1CSCSC1. The normalized spacial score (nSPS) is 22.5. The molecule has 8 heteroatoms. The first-order valence-electron chi connectivity index (χ1n) is 7.07. The second-order valence-electron chi connectivity index (χ2n) is 4.99. The molecule has 0 spiro atoms. The molecule has 0 bridgehead atoms. The minimum atomic E-state index is 0.408. The molecular weight excluding hydrogens is 328 g/mol. The van der Waals surface area contributed by atoms with Gasteiger partial charge in [-0.25, -0.2) is 0 Å². The summed E-state index contributed by atoms with van der Waals surface area (Å²) >= 11 is 8.11. The minimum absolute atomic E-state index is 0.408. The predicted octanol–water partition coefficient (Wildman–Crippen LogP) is 1.82. The fourth-order valence-electron chi connectivity index (χ4n) is 2.07. The summed E-state index contributed by atoms with van der Waals surface area (Å²) in [5.74, 6) is 4.78. The van der Waals surface area contributed by atoms with E-state index in [0.717, 1.165) is 26.2 Å². The standard InChI is InChI=1S/C12H26N4S4/c1-12(13-2-4-15-6-17-10-18-7-15)14-3-5-16-8-19-11-20-9-16/h12-14H,2-11H2,1H3. The molecule has 0 atom stereocenters. The Hall–Kier alpha value is 1.24. The smallest absolute Gasteiger partial charge is 0.0543 e. The van der Waals surface area contributed by atoms with Crippen LogP contribution in [0.5, 0.6) is 0 Å². The number of nitrogens with zero attached hydrogens (tertiary/aromatic N) is 2. The lowest BCUT2D eigenvalue weighted by Crippen LogP contribution is -2.46. The van der Waals surface area contributed by atoms with Crippen molar-refractivity contribution in [1.29, 1.82) is 0 Å². The number of thioether (sulfide) groups is 4. The predicted molar refractivity (Wildman–Crippen MR) is 98.4 cm³/mol. The van der Waals surface area contributed by atoms with Crippen LogP contribution in [0.15, 0.2) is 0 Å². The van der Waals surface area contributed by atoms with Crippen LogP contribution in [0, 0.1) is 0 Å². The zero-order valence-corrected chi connectivity index (χ0v) is 15.4. The summed E-state index contributed by atoms with van der Waals surface area (Å²) in [6, 6.07) is 0. The van der Waals surface area contributed by atoms with Crippen LogP contribution in [0.3, 0.4) is 0 Å². The van der Waals surface area contributed by atoms with Gasteiger partial charge in [-0.2, -0.15) is 0 Å². The van der Waals surface area contributed by atoms with Crippen LogP contribution in [-0.4, -0.2) is 75.8 Å². The van der Waals surface area contributed by atoms with E-state index in [0.29, 0.717) is 6.17 Å². The molecule has 4 nitrogen and oxygen atoms in total. The summed E-state index contributed by atoms with van der Waals surface area (Å²) in [5.41, 5.74) is 0. The number of hydrogen-bond acceptors (Lipinski definition) is 8. The summed E-state index contributed by atoms with van der Waals surface area (Å²) in [7, 11) is 0. The molecule has 0 aromatic carbocycles. The summed E-state index contributed by atoms with van der Waals surface area (Å²) in [4.78, 5) is 5.03. The molecule has 2 N–H and O–H groups in total. The molecule has 20 heavy (non-hydrogen) atoms. The van der Waals surface area contributed by atoms with Crippen molar-refractivity contribution >= 4 is 47.0 Å². The minimum Gasteiger partial charge on any atom is -0.301 e. The summed E-state index contributed by atoms with van der Waals surface area (Å²) in [5, 5.41) is 9.65. The van der Waals surface area contributed by atoms with Gasteiger partial charge in [-0.1, -0.05) is 0 Å². The van der Waals surface area contributed by atoms with Gasteiger partial charge in [0.1, 0.15) is 0 Å². The highest BCUT2D eigenvalue weighted by Gasteiger charge is 2.11. The van der Waals surface area contributed by atoms with Crippen molar-refractivity contribution in [3.8, 4) is 0 Å². The average molecular weight is 355 g/mol. The Bertz CT molecular complexity index is 224. The van der Waals surface area contributed by atoms with Gasteiger partial charge in [0, 0.05) is 59.9 Å². The third-order valence-electron chi connectivity index (χ3n) is 3.19. The third-order valence-corrected chi connectivity index (χ3v) is 8.04. The molecule has 0 aromatic rings. The number of rotatable bonds is 8. The average Bonchev–Trinajstić information content (AvgIpc) is 2.49. The van der Waals surface area contributed by atoms with Crippen LogP contribution in [0.2, 0.25) is 0 Å². The maximum Gasteiger partial charge on any atom is 0.0543 e. The summed E-state index contributed by atoms with van der Waals surface area (Å²) in [6.07, 6.45) is 0.408. The second kappa shape index (κ2) is 10.9. The molecule has 2 heterocycles. The van der Waals surface area contributed by atoms with E-state index >= 15 is 0 Å². The van der Waals surface area contributed by atoms with Crippen molar-refractivity contribution in [2.45, 2.75) is 13.1 Å². The van der Waals surface area contributed by atoms with Crippen LogP contribution < -0.4 is 10.6 Å². The Kier molecular flexibility index (Phi) is 9.57. The Morgan fingerprint density at radius 1 is 0.800 bits per heavy atom. The molecule has 118 valence electrons. The summed E-state index contributed by atoms with van der Waals surface area (Å²) < 4.78 is 0. The van der Waals surface area contributed by atoms with Gasteiger partial charge in [-0.3, -0.25) is 9.80 Å². The summed E-state index contributed by atoms with van der Waals surface area (Å²) in [6.45, 7) is 6.69. The first-order chi connectivity index (χ1) is 9.84. The fourth-order valence-corrected chi connectivity index (χ4v) is 6.35. The zero-order valence-electron chi connectivity index (χ0n) is 12.2. The van der Waals surface area contributed by atoms with Crippen LogP contribution in [0.4, 0.5) is 0 Å². The maximum atomic E-state index is 3.57. The van der Waals surface area contributed by atoms with E-state index in [9.17, 15) is 0 Å². The van der Waals surface area contributed by atoms with Crippen LogP contribution in [0.25, 0.3) is 0 Å². The highest BCUT2D eigenvalue weighted by atomic mass is 32.2. The van der Waals surface area contributed by atoms with Crippen molar-refractivity contribution in [2.24, 2.45) is 0 Å². The van der Waals surface area contributed by atoms with Gasteiger partial charge in [0.25, 0.3) is 0 Å². The Morgan fingerprint density at radius 2 is 1.20 bits per heavy atom. The van der Waals surface area contributed by atoms with Crippen LogP contribution >= 0.6 is 47.0 Å². The molecular formula is C12H26N4S4. The third kappa shape index (κ3) is 7.49. The van der Waals surface area contributed by atoms with E-state index in [1.165, 1.54) is 33.7 Å². The van der Waals surface area contributed by atoms with Crippen molar-refractivity contribution < 1.29 is 0 Å². The molecule has 0 amide bonds. The van der Waals surface area contributed by atoms with E-state index in [1.54, 1.807) is 0 Å². The molecule has 2 aliphatic rings. The van der Waals surface area contributed by atoms with E-state index < -0.39 is 0 Å². The van der Waals surface area contributed by atoms with Gasteiger partial charge in [-0.15, -0.1) is 47.0 Å². The monoisotopic (exact) mass is 354 g/mol. The van der Waals surface area contributed by atoms with Gasteiger partial charge in [0.05, 0.1) is 6.17 Å². The Labute approximate surface area is 140 Å². The topological polar surface area (TPSA) is 30.5 Å². The highest BCUT2D eigenvalue weighted by molar-refractivity contribution is 8.16. The van der Waals surface area contributed by atoms with E-state index in [2.05, 4.69) is 27.4 Å². The van der Waals surface area contributed by atoms with Gasteiger partial charge >= 0.3 is 0 Å². The quantitative estimate of drug-likeness (QED) is 0.639. The van der Waals surface area contributed by atoms with E-state index in [1.807, 2.05) is 47.0 Å². The highest BCUT2D eigenvalue weighted by Crippen LogP contribution is 2.21. The van der Waals surface area contributed by atoms with Crippen LogP contribution in [0.1, 0.15) is 6.92 Å².